The summed E-state index contributed by atoms with van der Waals surface area (Å²) in [5.41, 5.74) is 2.85. The molecule has 20 heteroatoms. The fourth-order valence-electron chi connectivity index (χ4n) is 9.82. The van der Waals surface area contributed by atoms with Gasteiger partial charge in [0.25, 0.3) is 5.91 Å². The number of piperazine rings is 1. The number of hydrogen-bond acceptors (Lipinski definition) is 16. The SMILES string of the molecule is C#Cc1c(F)ccc2cccc(-c3ncc4c(N5CC6CCC(C5)N6)nc(OCC5CC(=C)CCCC(CNCCC=O)N5)nc4c3F)c12.C=O.CNC(=O)C(CCC=O)N(C)C(=O)c1ccc(NC)cc1C=O.CO. The van der Waals surface area contributed by atoms with Crippen LogP contribution in [0.15, 0.2) is 66.9 Å². The molecule has 2 bridgehead atoms. The van der Waals surface area contributed by atoms with E-state index in [-0.39, 0.29) is 71.4 Å². The third kappa shape index (κ3) is 14.6. The van der Waals surface area contributed by atoms with Gasteiger partial charge in [-0.2, -0.15) is 9.97 Å². The molecule has 2 amide bonds. The van der Waals surface area contributed by atoms with Crippen LogP contribution in [0.25, 0.3) is 32.9 Å². The summed E-state index contributed by atoms with van der Waals surface area (Å²) in [6.45, 7) is 9.35. The van der Waals surface area contributed by atoms with Crippen LogP contribution < -0.4 is 36.2 Å². The molecule has 2 aromatic heterocycles. The van der Waals surface area contributed by atoms with Gasteiger partial charge in [-0.3, -0.25) is 19.4 Å². The Labute approximate surface area is 441 Å². The molecule has 6 N–H and O–H groups in total. The highest BCUT2D eigenvalue weighted by atomic mass is 19.1. The Balaban J connectivity index is 0.000000333. The number of amides is 2. The zero-order valence-electron chi connectivity index (χ0n) is 43.5. The van der Waals surface area contributed by atoms with E-state index in [0.717, 1.165) is 77.1 Å². The van der Waals surface area contributed by atoms with Crippen molar-refractivity contribution in [3.8, 4) is 29.6 Å². The number of anilines is 2. The summed E-state index contributed by atoms with van der Waals surface area (Å²) in [6.07, 6.45) is 16.2. The molecule has 5 unspecified atom stereocenters. The number of likely N-dealkylation sites (N-methyl/N-ethyl adjacent to an activating group) is 2. The second-order valence-corrected chi connectivity index (χ2v) is 18.4. The number of carbonyl (C=O) groups excluding carboxylic acids is 6. The van der Waals surface area contributed by atoms with E-state index < -0.39 is 23.6 Å². The van der Waals surface area contributed by atoms with E-state index in [4.69, 9.17) is 26.0 Å². The monoisotopic (exact) mass is 1050 g/mol. The van der Waals surface area contributed by atoms with Gasteiger partial charge in [-0.1, -0.05) is 42.3 Å². The molecule has 3 aliphatic rings. The molecule has 5 atom stereocenters. The molecule has 0 spiro atoms. The number of aldehydes is 3. The Morgan fingerprint density at radius 2 is 1.74 bits per heavy atom. The van der Waals surface area contributed by atoms with Gasteiger partial charge in [-0.25, -0.2) is 8.78 Å². The third-order valence-electron chi connectivity index (χ3n) is 13.5. The highest BCUT2D eigenvalue weighted by Crippen LogP contribution is 2.37. The normalized spacial score (nSPS) is 18.1. The lowest BCUT2D eigenvalue weighted by Gasteiger charge is -2.34. The summed E-state index contributed by atoms with van der Waals surface area (Å²) < 4.78 is 38.0. The fourth-order valence-corrected chi connectivity index (χ4v) is 9.82. The molecule has 8 rings (SSSR count). The summed E-state index contributed by atoms with van der Waals surface area (Å²) in [5, 5.41) is 24.7. The van der Waals surface area contributed by atoms with Gasteiger partial charge < -0.3 is 60.6 Å². The second kappa shape index (κ2) is 29.5. The molecule has 5 heterocycles. The number of nitrogens with one attached hydrogen (secondary N) is 5. The van der Waals surface area contributed by atoms with Gasteiger partial charge in [0.15, 0.2) is 12.1 Å². The zero-order chi connectivity index (χ0) is 55.3. The lowest BCUT2D eigenvalue weighted by molar-refractivity contribution is -0.125. The van der Waals surface area contributed by atoms with E-state index in [0.29, 0.717) is 70.8 Å². The molecule has 0 aliphatic carbocycles. The topological polar surface area (TPSA) is 237 Å². The van der Waals surface area contributed by atoms with Crippen LogP contribution in [0.4, 0.5) is 20.3 Å². The number of benzene rings is 3. The van der Waals surface area contributed by atoms with Crippen molar-refractivity contribution in [1.29, 1.82) is 0 Å². The smallest absolute Gasteiger partial charge is 0.319 e. The highest BCUT2D eigenvalue weighted by Gasteiger charge is 2.35. The van der Waals surface area contributed by atoms with Crippen molar-refractivity contribution in [2.24, 2.45) is 0 Å². The van der Waals surface area contributed by atoms with E-state index in [1.807, 2.05) is 12.9 Å². The maximum Gasteiger partial charge on any atom is 0.319 e. The predicted octanol–water partition coefficient (Wildman–Crippen LogP) is 5.19. The van der Waals surface area contributed by atoms with Crippen molar-refractivity contribution < 1.29 is 47.4 Å². The molecule has 3 saturated heterocycles. The maximum atomic E-state index is 16.8. The summed E-state index contributed by atoms with van der Waals surface area (Å²) in [4.78, 5) is 82.7. The van der Waals surface area contributed by atoms with E-state index >= 15 is 4.39 Å². The first-order chi connectivity index (χ1) is 36.9. The predicted molar refractivity (Wildman–Crippen MR) is 290 cm³/mol. The first-order valence-electron chi connectivity index (χ1n) is 25.1. The standard InChI is InChI=1S/C38H41F2N7O2.C16H21N3O4.CH4O.CH2O/c1-3-29-32(39)14-11-24-8-5-10-30(33(24)29)35-34(40)36-31(19-42-35)37(47-20-26-12-13-27(21-47)44-26)46-38(45-36)49-22-28-17-23(2)7-4-9-25(43-28)18-41-15-6-16-48;1-17-12-6-7-13(11(9-12)10-21)16(23)19(3)14(5-4-8-20)15(22)18-2;2*1-2/h1,5,8,10-11,14,16,19,25-28,41,43-44H,2,4,6-7,9,12-13,15,17-18,20-22H2;6-10,14,17H,4-5H2,1-3H3,(H,18,22);2H,1H3;1H2. The Hall–Kier alpha value is -7.57. The minimum Gasteiger partial charge on any atom is -0.462 e. The number of aromatic nitrogens is 3. The molecular formula is C56H68F2N10O8. The molecule has 404 valence electrons. The van der Waals surface area contributed by atoms with E-state index in [2.05, 4.69) is 54.0 Å². The van der Waals surface area contributed by atoms with E-state index in [1.54, 1.807) is 43.6 Å². The molecule has 76 heavy (non-hydrogen) atoms. The second-order valence-electron chi connectivity index (χ2n) is 18.4. The molecule has 3 fully saturated rings. The molecule has 18 nitrogen and oxygen atoms in total. The molecular weight excluding hydrogens is 979 g/mol. The molecule has 3 aromatic carbocycles. The van der Waals surface area contributed by atoms with E-state index in [9.17, 15) is 28.4 Å². The lowest BCUT2D eigenvalue weighted by Crippen LogP contribution is -2.51. The zero-order valence-corrected chi connectivity index (χ0v) is 43.5. The Morgan fingerprint density at radius 1 is 1.00 bits per heavy atom. The van der Waals surface area contributed by atoms with Gasteiger partial charge in [0.05, 0.1) is 16.5 Å². The number of carbonyl (C=O) groups is 6. The van der Waals surface area contributed by atoms with Crippen molar-refractivity contribution in [3.05, 3.63) is 95.2 Å². The van der Waals surface area contributed by atoms with Crippen molar-refractivity contribution in [2.75, 3.05) is 71.3 Å². The Bertz CT molecular complexity index is 2870. The number of halogens is 2. The van der Waals surface area contributed by atoms with Crippen LogP contribution in [-0.2, 0) is 19.2 Å². The first kappa shape index (κ1) is 59.3. The van der Waals surface area contributed by atoms with Gasteiger partial charge in [0.1, 0.15) is 54.9 Å². The van der Waals surface area contributed by atoms with Gasteiger partial charge in [-0.15, -0.1) is 6.42 Å². The number of terminal acetylenes is 1. The summed E-state index contributed by atoms with van der Waals surface area (Å²) in [7, 11) is 5.65. The van der Waals surface area contributed by atoms with Crippen LogP contribution in [0, 0.1) is 24.0 Å². The van der Waals surface area contributed by atoms with Crippen LogP contribution in [0.5, 0.6) is 6.01 Å². The number of nitrogens with zero attached hydrogens (tertiary/aromatic N) is 5. The summed E-state index contributed by atoms with van der Waals surface area (Å²) >= 11 is 0. The van der Waals surface area contributed by atoms with Gasteiger partial charge in [0.2, 0.25) is 5.91 Å². The molecule has 0 saturated carbocycles. The summed E-state index contributed by atoms with van der Waals surface area (Å²) in [5.74, 6) is 1.01. The highest BCUT2D eigenvalue weighted by molar-refractivity contribution is 6.04. The number of hydrogen-bond donors (Lipinski definition) is 6. The van der Waals surface area contributed by atoms with Crippen LogP contribution in [0.3, 0.4) is 0 Å². The van der Waals surface area contributed by atoms with Crippen LogP contribution >= 0.6 is 0 Å². The van der Waals surface area contributed by atoms with Crippen molar-refractivity contribution in [2.45, 2.75) is 88.0 Å². The summed E-state index contributed by atoms with van der Waals surface area (Å²) in [6, 6.07) is 13.1. The van der Waals surface area contributed by atoms with E-state index in [1.165, 1.54) is 31.1 Å². The van der Waals surface area contributed by atoms with Crippen molar-refractivity contribution in [3.63, 3.8) is 0 Å². The molecule has 3 aliphatic heterocycles. The number of aliphatic hydroxyl groups excluding tert-OH is 1. The van der Waals surface area contributed by atoms with Gasteiger partial charge in [-0.05, 0) is 74.6 Å². The number of pyridine rings is 1. The quantitative estimate of drug-likeness (QED) is 0.0287. The Kier molecular flexibility index (Phi) is 23.0. The van der Waals surface area contributed by atoms with Gasteiger partial charge in [0, 0.05) is 120 Å². The minimum absolute atomic E-state index is 0.0269. The number of rotatable bonds is 18. The van der Waals surface area contributed by atoms with Crippen LogP contribution in [-0.4, -0.2) is 154 Å². The molecule has 0 radical (unpaired) electrons. The first-order valence-corrected chi connectivity index (χ1v) is 25.1. The maximum absolute atomic E-state index is 16.8. The third-order valence-corrected chi connectivity index (χ3v) is 13.5. The van der Waals surface area contributed by atoms with Crippen molar-refractivity contribution >= 4 is 70.6 Å². The number of aliphatic hydroxyl groups is 1. The minimum atomic E-state index is -0.777. The Morgan fingerprint density at radius 3 is 2.41 bits per heavy atom. The molecule has 5 aromatic rings. The fraction of sp³-hybridized carbons (Fsp3) is 0.411. The van der Waals surface area contributed by atoms with Crippen LogP contribution in [0.1, 0.15) is 84.1 Å². The average Bonchev–Trinajstić information content (AvgIpc) is 3.81. The number of fused-ring (bicyclic) bond motifs is 4. The lowest BCUT2D eigenvalue weighted by atomic mass is 9.96. The van der Waals surface area contributed by atoms with Crippen molar-refractivity contribution in [1.82, 2.24) is 41.1 Å². The van der Waals surface area contributed by atoms with Gasteiger partial charge >= 0.3 is 6.01 Å². The van der Waals surface area contributed by atoms with Crippen LogP contribution in [0.2, 0.25) is 0 Å². The average molecular weight is 1050 g/mol. The largest absolute Gasteiger partial charge is 0.462 e. The number of ether oxygens (including phenoxy) is 1.